The topological polar surface area (TPSA) is 21.3 Å². The second kappa shape index (κ2) is 9.15. The summed E-state index contributed by atoms with van der Waals surface area (Å²) in [5.41, 5.74) is 1.30. The monoisotopic (exact) mass is 267 g/mol. The highest BCUT2D eigenvalue weighted by molar-refractivity contribution is 6.30. The van der Waals surface area contributed by atoms with E-state index in [1.165, 1.54) is 5.56 Å². The first kappa shape index (κ1) is 15.2. The molecule has 1 aromatic rings. The van der Waals surface area contributed by atoms with Crippen LogP contribution in [0.2, 0.25) is 5.02 Å². The van der Waals surface area contributed by atoms with E-state index in [4.69, 9.17) is 16.3 Å². The summed E-state index contributed by atoms with van der Waals surface area (Å²) >= 11 is 5.85. The zero-order valence-corrected chi connectivity index (χ0v) is 11.7. The fourth-order valence-electron chi connectivity index (χ4n) is 1.69. The normalized spacial score (nSPS) is 12.3. The molecule has 0 saturated carbocycles. The number of ether oxygens (including phenoxy) is 1. The van der Waals surface area contributed by atoms with E-state index in [1.54, 1.807) is 0 Å². The van der Waals surface area contributed by atoms with Crippen LogP contribution in [-0.2, 0) is 11.2 Å². The molecule has 1 rings (SSSR count). The van der Waals surface area contributed by atoms with Gasteiger partial charge in [-0.25, -0.2) is 0 Å². The molecule has 0 aromatic heterocycles. The summed E-state index contributed by atoms with van der Waals surface area (Å²) in [6, 6.07) is 8.45. The average molecular weight is 268 g/mol. The van der Waals surface area contributed by atoms with Crippen molar-refractivity contribution in [1.82, 2.24) is 5.32 Å². The Morgan fingerprint density at radius 2 is 2.06 bits per heavy atom. The predicted octanol–water partition coefficient (Wildman–Crippen LogP) is 3.45. The van der Waals surface area contributed by atoms with E-state index in [0.717, 1.165) is 37.6 Å². The smallest absolute Gasteiger partial charge is 0.0591 e. The zero-order valence-electron chi connectivity index (χ0n) is 11.0. The molecule has 3 heteroatoms. The fraction of sp³-hybridized carbons (Fsp3) is 0.467. The molecule has 0 heterocycles. The summed E-state index contributed by atoms with van der Waals surface area (Å²) in [6.45, 7) is 8.22. The van der Waals surface area contributed by atoms with Gasteiger partial charge < -0.3 is 10.1 Å². The Morgan fingerprint density at radius 1 is 1.33 bits per heavy atom. The minimum Gasteiger partial charge on any atom is -0.380 e. The maximum absolute atomic E-state index is 5.85. The van der Waals surface area contributed by atoms with Crippen LogP contribution >= 0.6 is 11.6 Å². The van der Waals surface area contributed by atoms with Gasteiger partial charge in [-0.1, -0.05) is 29.8 Å². The minimum absolute atomic E-state index is 0.439. The SMILES string of the molecule is C=CCCOCCNC(C)Cc1ccc(Cl)cc1. The lowest BCUT2D eigenvalue weighted by molar-refractivity contribution is 0.138. The van der Waals surface area contributed by atoms with Crippen molar-refractivity contribution >= 4 is 11.6 Å². The number of halogens is 1. The van der Waals surface area contributed by atoms with Crippen LogP contribution in [0.25, 0.3) is 0 Å². The van der Waals surface area contributed by atoms with Gasteiger partial charge in [-0.05, 0) is 37.5 Å². The van der Waals surface area contributed by atoms with Gasteiger partial charge in [0.05, 0.1) is 13.2 Å². The van der Waals surface area contributed by atoms with Gasteiger partial charge in [0.1, 0.15) is 0 Å². The molecule has 0 saturated heterocycles. The van der Waals surface area contributed by atoms with Gasteiger partial charge in [0.15, 0.2) is 0 Å². The third-order valence-corrected chi connectivity index (χ3v) is 2.91. The number of hydrogen-bond acceptors (Lipinski definition) is 2. The average Bonchev–Trinajstić information content (AvgIpc) is 2.36. The molecule has 0 fully saturated rings. The lowest BCUT2D eigenvalue weighted by Gasteiger charge is -2.14. The van der Waals surface area contributed by atoms with Crippen LogP contribution in [0, 0.1) is 0 Å². The molecule has 1 aromatic carbocycles. The Balaban J connectivity index is 2.11. The minimum atomic E-state index is 0.439. The van der Waals surface area contributed by atoms with Crippen molar-refractivity contribution in [2.24, 2.45) is 0 Å². The van der Waals surface area contributed by atoms with Gasteiger partial charge in [-0.15, -0.1) is 6.58 Å². The first-order chi connectivity index (χ1) is 8.72. The van der Waals surface area contributed by atoms with Crippen molar-refractivity contribution in [3.63, 3.8) is 0 Å². The summed E-state index contributed by atoms with van der Waals surface area (Å²) in [5.74, 6) is 0. The maximum atomic E-state index is 5.85. The Hall–Kier alpha value is -0.830. The highest BCUT2D eigenvalue weighted by Gasteiger charge is 2.02. The molecule has 1 N–H and O–H groups in total. The molecule has 0 aliphatic rings. The van der Waals surface area contributed by atoms with Crippen LogP contribution in [-0.4, -0.2) is 25.8 Å². The van der Waals surface area contributed by atoms with E-state index in [9.17, 15) is 0 Å². The highest BCUT2D eigenvalue weighted by Crippen LogP contribution is 2.10. The summed E-state index contributed by atoms with van der Waals surface area (Å²) in [6.07, 6.45) is 3.79. The second-order valence-corrected chi connectivity index (χ2v) is 4.81. The molecule has 2 nitrogen and oxygen atoms in total. The van der Waals surface area contributed by atoms with Gasteiger partial charge in [0.25, 0.3) is 0 Å². The summed E-state index contributed by atoms with van der Waals surface area (Å²) in [7, 11) is 0. The van der Waals surface area contributed by atoms with Crippen LogP contribution in [0.15, 0.2) is 36.9 Å². The van der Waals surface area contributed by atoms with Gasteiger partial charge in [-0.2, -0.15) is 0 Å². The number of rotatable bonds is 9. The van der Waals surface area contributed by atoms with Gasteiger partial charge >= 0.3 is 0 Å². The standard InChI is InChI=1S/C15H22ClNO/c1-3-4-10-18-11-9-17-13(2)12-14-5-7-15(16)8-6-14/h3,5-8,13,17H,1,4,9-12H2,2H3. The van der Waals surface area contributed by atoms with Crippen molar-refractivity contribution < 1.29 is 4.74 Å². The van der Waals surface area contributed by atoms with E-state index in [-0.39, 0.29) is 0 Å². The van der Waals surface area contributed by atoms with E-state index in [0.29, 0.717) is 6.04 Å². The molecule has 0 aliphatic carbocycles. The quantitative estimate of drug-likeness (QED) is 0.547. The number of nitrogens with one attached hydrogen (secondary N) is 1. The molecule has 0 aliphatic heterocycles. The molecule has 1 unspecified atom stereocenters. The van der Waals surface area contributed by atoms with Crippen LogP contribution in [0.3, 0.4) is 0 Å². The number of benzene rings is 1. The second-order valence-electron chi connectivity index (χ2n) is 4.38. The van der Waals surface area contributed by atoms with Crippen LogP contribution < -0.4 is 5.32 Å². The molecular weight excluding hydrogens is 246 g/mol. The Labute approximate surface area is 115 Å². The van der Waals surface area contributed by atoms with Crippen molar-refractivity contribution in [2.75, 3.05) is 19.8 Å². The van der Waals surface area contributed by atoms with Crippen LogP contribution in [0.5, 0.6) is 0 Å². The third kappa shape index (κ3) is 6.80. The van der Waals surface area contributed by atoms with Crippen LogP contribution in [0.1, 0.15) is 18.9 Å². The largest absolute Gasteiger partial charge is 0.380 e. The molecule has 18 heavy (non-hydrogen) atoms. The first-order valence-corrected chi connectivity index (χ1v) is 6.76. The molecule has 0 radical (unpaired) electrons. The molecule has 0 bridgehead atoms. The van der Waals surface area contributed by atoms with Gasteiger partial charge in [0.2, 0.25) is 0 Å². The lowest BCUT2D eigenvalue weighted by Crippen LogP contribution is -2.31. The van der Waals surface area contributed by atoms with E-state index in [2.05, 4.69) is 31.0 Å². The first-order valence-electron chi connectivity index (χ1n) is 6.39. The predicted molar refractivity (Wildman–Crippen MR) is 78.3 cm³/mol. The molecule has 100 valence electrons. The highest BCUT2D eigenvalue weighted by atomic mass is 35.5. The Bertz CT molecular complexity index is 337. The summed E-state index contributed by atoms with van der Waals surface area (Å²) in [5, 5.41) is 4.23. The molecule has 0 spiro atoms. The van der Waals surface area contributed by atoms with Crippen molar-refractivity contribution in [3.05, 3.63) is 47.5 Å². The Morgan fingerprint density at radius 3 is 2.72 bits per heavy atom. The van der Waals surface area contributed by atoms with E-state index >= 15 is 0 Å². The van der Waals surface area contributed by atoms with Crippen LogP contribution in [0.4, 0.5) is 0 Å². The van der Waals surface area contributed by atoms with Crippen molar-refractivity contribution in [1.29, 1.82) is 0 Å². The van der Waals surface area contributed by atoms with Gasteiger partial charge in [-0.3, -0.25) is 0 Å². The van der Waals surface area contributed by atoms with Crippen molar-refractivity contribution in [2.45, 2.75) is 25.8 Å². The fourth-order valence-corrected chi connectivity index (χ4v) is 1.82. The van der Waals surface area contributed by atoms with E-state index in [1.807, 2.05) is 18.2 Å². The maximum Gasteiger partial charge on any atom is 0.0591 e. The molecule has 0 amide bonds. The molecular formula is C15H22ClNO. The van der Waals surface area contributed by atoms with Gasteiger partial charge in [0, 0.05) is 17.6 Å². The summed E-state index contributed by atoms with van der Waals surface area (Å²) < 4.78 is 5.44. The van der Waals surface area contributed by atoms with E-state index < -0.39 is 0 Å². The Kier molecular flexibility index (Phi) is 7.74. The third-order valence-electron chi connectivity index (χ3n) is 2.66. The zero-order chi connectivity index (χ0) is 13.2. The lowest BCUT2D eigenvalue weighted by atomic mass is 10.1. The van der Waals surface area contributed by atoms with Crippen molar-refractivity contribution in [3.8, 4) is 0 Å². The summed E-state index contributed by atoms with van der Waals surface area (Å²) in [4.78, 5) is 0. The molecule has 1 atom stereocenters. The number of hydrogen-bond donors (Lipinski definition) is 1.